The highest BCUT2D eigenvalue weighted by molar-refractivity contribution is 6.02. The fourth-order valence-corrected chi connectivity index (χ4v) is 1.62. The third-order valence-corrected chi connectivity index (χ3v) is 2.44. The topological polar surface area (TPSA) is 111 Å². The summed E-state index contributed by atoms with van der Waals surface area (Å²) in [6, 6.07) is 3.82. The van der Waals surface area contributed by atoms with Crippen molar-refractivity contribution in [2.45, 2.75) is 0 Å². The summed E-state index contributed by atoms with van der Waals surface area (Å²) in [5.41, 5.74) is 4.46. The number of halogens is 1. The lowest BCUT2D eigenvalue weighted by molar-refractivity contribution is 0.0601. The Morgan fingerprint density at radius 1 is 1.37 bits per heavy atom. The first kappa shape index (κ1) is 12.7. The first-order valence-corrected chi connectivity index (χ1v) is 5.14. The molecule has 8 heteroatoms. The standard InChI is InChI=1S/C11H9FN4O3/c1-19-11(18)5-3-2-4-6(12)7(5)8-9(10(13)17)15-16-14-8/h2-4H,1H3,(H2,13,17)(H,14,15,16). The van der Waals surface area contributed by atoms with Gasteiger partial charge < -0.3 is 10.5 Å². The van der Waals surface area contributed by atoms with Gasteiger partial charge in [0.1, 0.15) is 11.5 Å². The summed E-state index contributed by atoms with van der Waals surface area (Å²) in [5, 5.41) is 9.36. The molecule has 1 heterocycles. The van der Waals surface area contributed by atoms with Crippen molar-refractivity contribution in [1.82, 2.24) is 15.4 Å². The van der Waals surface area contributed by atoms with E-state index in [4.69, 9.17) is 5.73 Å². The Bertz CT molecular complexity index is 653. The Morgan fingerprint density at radius 2 is 2.11 bits per heavy atom. The van der Waals surface area contributed by atoms with Crippen LogP contribution in [0.3, 0.4) is 0 Å². The average Bonchev–Trinajstić information content (AvgIpc) is 2.86. The Kier molecular flexibility index (Phi) is 3.23. The number of methoxy groups -OCH3 is 1. The zero-order valence-corrected chi connectivity index (χ0v) is 9.81. The first-order chi connectivity index (χ1) is 9.06. The summed E-state index contributed by atoms with van der Waals surface area (Å²) >= 11 is 0. The maximum atomic E-state index is 13.9. The number of nitrogens with one attached hydrogen (secondary N) is 1. The van der Waals surface area contributed by atoms with Crippen LogP contribution in [-0.2, 0) is 4.74 Å². The maximum Gasteiger partial charge on any atom is 0.338 e. The molecule has 0 aliphatic heterocycles. The Morgan fingerprint density at radius 3 is 2.74 bits per heavy atom. The normalized spacial score (nSPS) is 10.2. The molecular weight excluding hydrogens is 255 g/mol. The molecule has 0 atom stereocenters. The SMILES string of the molecule is COC(=O)c1cccc(F)c1-c1n[nH]nc1C(N)=O. The molecule has 0 unspecified atom stereocenters. The van der Waals surface area contributed by atoms with E-state index in [2.05, 4.69) is 20.1 Å². The van der Waals surface area contributed by atoms with Crippen molar-refractivity contribution in [2.24, 2.45) is 5.73 Å². The van der Waals surface area contributed by atoms with Crippen LogP contribution in [0.5, 0.6) is 0 Å². The van der Waals surface area contributed by atoms with Gasteiger partial charge in [-0.15, -0.1) is 0 Å². The predicted molar refractivity (Wildman–Crippen MR) is 61.6 cm³/mol. The van der Waals surface area contributed by atoms with Crippen molar-refractivity contribution in [2.75, 3.05) is 7.11 Å². The van der Waals surface area contributed by atoms with Gasteiger partial charge in [0.05, 0.1) is 18.2 Å². The summed E-state index contributed by atoms with van der Waals surface area (Å²) in [5.74, 6) is -2.38. The molecule has 1 amide bonds. The van der Waals surface area contributed by atoms with E-state index in [1.165, 1.54) is 12.1 Å². The van der Waals surface area contributed by atoms with Crippen molar-refractivity contribution in [3.63, 3.8) is 0 Å². The number of ether oxygens (including phenoxy) is 1. The van der Waals surface area contributed by atoms with Crippen molar-refractivity contribution in [1.29, 1.82) is 0 Å². The lowest BCUT2D eigenvalue weighted by atomic mass is 10.0. The number of aromatic nitrogens is 3. The van der Waals surface area contributed by atoms with E-state index >= 15 is 0 Å². The average molecular weight is 264 g/mol. The van der Waals surface area contributed by atoms with Crippen LogP contribution in [0.2, 0.25) is 0 Å². The quantitative estimate of drug-likeness (QED) is 0.784. The van der Waals surface area contributed by atoms with Gasteiger partial charge >= 0.3 is 5.97 Å². The molecule has 2 aromatic rings. The smallest absolute Gasteiger partial charge is 0.338 e. The van der Waals surface area contributed by atoms with Gasteiger partial charge in [-0.05, 0) is 12.1 Å². The number of esters is 1. The number of hydrogen-bond donors (Lipinski definition) is 2. The van der Waals surface area contributed by atoms with E-state index in [9.17, 15) is 14.0 Å². The Labute approximate surface area is 106 Å². The maximum absolute atomic E-state index is 13.9. The lowest BCUT2D eigenvalue weighted by Crippen LogP contribution is -2.14. The summed E-state index contributed by atoms with van der Waals surface area (Å²) in [6.45, 7) is 0. The van der Waals surface area contributed by atoms with Crippen molar-refractivity contribution < 1.29 is 18.7 Å². The fourth-order valence-electron chi connectivity index (χ4n) is 1.62. The highest BCUT2D eigenvalue weighted by atomic mass is 19.1. The van der Waals surface area contributed by atoms with Gasteiger partial charge in [-0.3, -0.25) is 4.79 Å². The molecule has 19 heavy (non-hydrogen) atoms. The van der Waals surface area contributed by atoms with Crippen molar-refractivity contribution >= 4 is 11.9 Å². The summed E-state index contributed by atoms with van der Waals surface area (Å²) in [7, 11) is 1.16. The third-order valence-electron chi connectivity index (χ3n) is 2.44. The van der Waals surface area contributed by atoms with Crippen LogP contribution in [0.25, 0.3) is 11.3 Å². The molecule has 0 saturated heterocycles. The number of carbonyl (C=O) groups excluding carboxylic acids is 2. The second-order valence-electron chi connectivity index (χ2n) is 3.54. The van der Waals surface area contributed by atoms with Gasteiger partial charge in [0.15, 0.2) is 5.69 Å². The minimum absolute atomic E-state index is 0.0705. The van der Waals surface area contributed by atoms with Crippen LogP contribution >= 0.6 is 0 Å². The second-order valence-corrected chi connectivity index (χ2v) is 3.54. The molecule has 0 radical (unpaired) electrons. The zero-order valence-electron chi connectivity index (χ0n) is 9.81. The minimum Gasteiger partial charge on any atom is -0.465 e. The van der Waals surface area contributed by atoms with Crippen LogP contribution in [0.15, 0.2) is 18.2 Å². The summed E-state index contributed by atoms with van der Waals surface area (Å²) in [6.07, 6.45) is 0. The number of H-pyrrole nitrogens is 1. The van der Waals surface area contributed by atoms with Gasteiger partial charge in [0.2, 0.25) is 0 Å². The first-order valence-electron chi connectivity index (χ1n) is 5.14. The number of aromatic amines is 1. The number of nitrogens with zero attached hydrogens (tertiary/aromatic N) is 2. The monoisotopic (exact) mass is 264 g/mol. The number of benzene rings is 1. The Balaban J connectivity index is 2.71. The fraction of sp³-hybridized carbons (Fsp3) is 0.0909. The van der Waals surface area contributed by atoms with Gasteiger partial charge in [0.25, 0.3) is 5.91 Å². The highest BCUT2D eigenvalue weighted by Crippen LogP contribution is 2.27. The van der Waals surface area contributed by atoms with Crippen LogP contribution in [-0.4, -0.2) is 34.4 Å². The van der Waals surface area contributed by atoms with Crippen LogP contribution in [0.4, 0.5) is 4.39 Å². The van der Waals surface area contributed by atoms with Gasteiger partial charge in [0, 0.05) is 0 Å². The molecule has 0 fully saturated rings. The van der Waals surface area contributed by atoms with Crippen molar-refractivity contribution in [3.05, 3.63) is 35.3 Å². The predicted octanol–water partition coefficient (Wildman–Crippen LogP) is 0.496. The van der Waals surface area contributed by atoms with Crippen LogP contribution in [0.1, 0.15) is 20.8 Å². The lowest BCUT2D eigenvalue weighted by Gasteiger charge is -2.07. The number of primary amides is 1. The number of rotatable bonds is 3. The molecule has 7 nitrogen and oxygen atoms in total. The summed E-state index contributed by atoms with van der Waals surface area (Å²) in [4.78, 5) is 22.8. The highest BCUT2D eigenvalue weighted by Gasteiger charge is 2.24. The largest absolute Gasteiger partial charge is 0.465 e. The number of amides is 1. The summed E-state index contributed by atoms with van der Waals surface area (Å²) < 4.78 is 18.5. The van der Waals surface area contributed by atoms with Crippen LogP contribution in [0, 0.1) is 5.82 Å². The van der Waals surface area contributed by atoms with Gasteiger partial charge in [-0.2, -0.15) is 15.4 Å². The van der Waals surface area contributed by atoms with Gasteiger partial charge in [-0.25, -0.2) is 9.18 Å². The molecule has 1 aromatic carbocycles. The molecular formula is C11H9FN4O3. The molecule has 0 aliphatic rings. The van der Waals surface area contributed by atoms with Crippen molar-refractivity contribution in [3.8, 4) is 11.3 Å². The zero-order chi connectivity index (χ0) is 14.0. The molecule has 0 spiro atoms. The molecule has 3 N–H and O–H groups in total. The number of hydrogen-bond acceptors (Lipinski definition) is 5. The molecule has 0 aliphatic carbocycles. The third kappa shape index (κ3) is 2.15. The number of carbonyl (C=O) groups is 2. The number of nitrogens with two attached hydrogens (primary N) is 1. The van der Waals surface area contributed by atoms with Crippen LogP contribution < -0.4 is 5.73 Å². The molecule has 1 aromatic heterocycles. The molecule has 0 bridgehead atoms. The van der Waals surface area contributed by atoms with Gasteiger partial charge in [-0.1, -0.05) is 6.07 Å². The van der Waals surface area contributed by atoms with E-state index in [-0.39, 0.29) is 22.5 Å². The van der Waals surface area contributed by atoms with E-state index in [1.54, 1.807) is 0 Å². The minimum atomic E-state index is -0.886. The van der Waals surface area contributed by atoms with E-state index in [1.807, 2.05) is 0 Å². The van der Waals surface area contributed by atoms with E-state index in [0.29, 0.717) is 0 Å². The van der Waals surface area contributed by atoms with E-state index < -0.39 is 17.7 Å². The second kappa shape index (κ2) is 4.84. The Hall–Kier alpha value is -2.77. The molecule has 2 rings (SSSR count). The molecule has 98 valence electrons. The van der Waals surface area contributed by atoms with E-state index in [0.717, 1.165) is 13.2 Å². The molecule has 0 saturated carbocycles.